The number of aryl methyl sites for hydroxylation is 1. The molecule has 0 spiro atoms. The molecule has 0 N–H and O–H groups in total. The number of rotatable bonds is 8. The number of ether oxygens (including phenoxy) is 1. The summed E-state index contributed by atoms with van der Waals surface area (Å²) in [5.74, 6) is 0.862. The Morgan fingerprint density at radius 3 is 2.67 bits per heavy atom. The first-order chi connectivity index (χ1) is 18.9. The second kappa shape index (κ2) is 13.3. The van der Waals surface area contributed by atoms with Crippen molar-refractivity contribution in [1.29, 1.82) is 0 Å². The van der Waals surface area contributed by atoms with Crippen LogP contribution in [0.5, 0.6) is 5.75 Å². The van der Waals surface area contributed by atoms with Crippen molar-refractivity contribution in [1.82, 2.24) is 4.90 Å². The van der Waals surface area contributed by atoms with Gasteiger partial charge in [0.05, 0.1) is 17.5 Å². The lowest BCUT2D eigenvalue weighted by atomic mass is 9.89. The zero-order chi connectivity index (χ0) is 27.8. The van der Waals surface area contributed by atoms with Crippen LogP contribution >= 0.6 is 11.6 Å². The average Bonchev–Trinajstić information content (AvgIpc) is 3.02. The highest BCUT2D eigenvalue weighted by Gasteiger charge is 2.26. The summed E-state index contributed by atoms with van der Waals surface area (Å²) in [6.45, 7) is 10.1. The van der Waals surface area contributed by atoms with Crippen molar-refractivity contribution in [2.24, 2.45) is 11.1 Å². The molecule has 1 heterocycles. The van der Waals surface area contributed by atoms with Crippen LogP contribution in [0, 0.1) is 12.8 Å². The van der Waals surface area contributed by atoms with Gasteiger partial charge in [-0.1, -0.05) is 72.5 Å². The van der Waals surface area contributed by atoms with Crippen molar-refractivity contribution in [3.8, 4) is 5.75 Å². The molecule has 202 valence electrons. The number of nitrogens with zero attached hydrogens (tertiary/aromatic N) is 2. The molecule has 39 heavy (non-hydrogen) atoms. The summed E-state index contributed by atoms with van der Waals surface area (Å²) < 4.78 is 5.92. The minimum Gasteiger partial charge on any atom is -0.489 e. The molecule has 3 unspecified atom stereocenters. The fraction of sp³-hybridized carbons (Fsp3) is 0.273. The summed E-state index contributed by atoms with van der Waals surface area (Å²) in [4.78, 5) is 20.6. The van der Waals surface area contributed by atoms with Crippen molar-refractivity contribution in [2.75, 3.05) is 5.88 Å². The summed E-state index contributed by atoms with van der Waals surface area (Å²) in [7, 11) is 0. The monoisotopic (exact) mass is 542 g/mol. The minimum absolute atomic E-state index is 0.0923. The third-order valence-electron chi connectivity index (χ3n) is 6.92. The zero-order valence-electron chi connectivity index (χ0n) is 22.7. The molecule has 5 nitrogen and oxygen atoms in total. The largest absolute Gasteiger partial charge is 0.489 e. The fourth-order valence-electron chi connectivity index (χ4n) is 4.80. The van der Waals surface area contributed by atoms with Crippen LogP contribution in [0.25, 0.3) is 0 Å². The Balaban J connectivity index is 1.75. The van der Waals surface area contributed by atoms with Crippen LogP contribution in [0.15, 0.2) is 115 Å². The van der Waals surface area contributed by atoms with Gasteiger partial charge in [0, 0.05) is 17.5 Å². The molecule has 2 aromatic carbocycles. The molecule has 0 bridgehead atoms. The van der Waals surface area contributed by atoms with Gasteiger partial charge in [-0.15, -0.1) is 11.6 Å². The Bertz CT molecular complexity index is 1330. The number of hydrogen-bond acceptors (Lipinski definition) is 5. The number of carbonyl (C=O) groups excluding carboxylic acids is 1. The van der Waals surface area contributed by atoms with E-state index in [4.69, 9.17) is 21.2 Å². The predicted octanol–water partition coefficient (Wildman–Crippen LogP) is 7.39. The van der Waals surface area contributed by atoms with Gasteiger partial charge in [0.25, 0.3) is 0 Å². The summed E-state index contributed by atoms with van der Waals surface area (Å²) in [5, 5.41) is 4.45. The van der Waals surface area contributed by atoms with Gasteiger partial charge >= 0.3 is 5.97 Å². The highest BCUT2D eigenvalue weighted by atomic mass is 35.5. The van der Waals surface area contributed by atoms with Crippen LogP contribution < -0.4 is 4.74 Å². The number of halogens is 1. The van der Waals surface area contributed by atoms with Crippen LogP contribution in [-0.2, 0) is 4.84 Å². The van der Waals surface area contributed by atoms with E-state index in [1.54, 1.807) is 24.3 Å². The Hall–Kier alpha value is -3.83. The second-order valence-electron chi connectivity index (χ2n) is 9.79. The Kier molecular flexibility index (Phi) is 9.61. The summed E-state index contributed by atoms with van der Waals surface area (Å²) in [6, 6.07) is 15.0. The maximum Gasteiger partial charge on any atom is 0.365 e. The highest BCUT2D eigenvalue weighted by molar-refractivity contribution is 6.18. The van der Waals surface area contributed by atoms with E-state index < -0.39 is 5.97 Å². The standard InChI is InChI=1S/C33H35ClN2O3/c1-5-36-24(3)15-16-27(18-17-26-11-9-10-14-31(26)36)32(35-39-33(37)28-12-7-6-8-13-28)30-20-19-29(21-23(30)2)38-25(4)22-34/h5-16,18-21,24-26,31H,1,17,22H2,2-4H3/b16-15-,27-18+,35-32+/t24?,25-,26?,31?/m0/s1. The molecule has 4 atom stereocenters. The van der Waals surface area contributed by atoms with E-state index in [1.165, 1.54) is 0 Å². The molecule has 0 saturated heterocycles. The third kappa shape index (κ3) is 6.98. The third-order valence-corrected chi connectivity index (χ3v) is 7.35. The van der Waals surface area contributed by atoms with Gasteiger partial charge in [0.2, 0.25) is 0 Å². The van der Waals surface area contributed by atoms with E-state index in [1.807, 2.05) is 44.3 Å². The molecule has 0 amide bonds. The number of hydrogen-bond donors (Lipinski definition) is 0. The van der Waals surface area contributed by atoms with Crippen molar-refractivity contribution in [3.05, 3.63) is 126 Å². The Labute approximate surface area is 236 Å². The van der Waals surface area contributed by atoms with E-state index in [9.17, 15) is 4.79 Å². The second-order valence-corrected chi connectivity index (χ2v) is 10.1. The number of benzene rings is 2. The van der Waals surface area contributed by atoms with Gasteiger partial charge in [-0.2, -0.15) is 0 Å². The molecule has 0 fully saturated rings. The van der Waals surface area contributed by atoms with Crippen LogP contribution in [0.1, 0.15) is 41.8 Å². The smallest absolute Gasteiger partial charge is 0.365 e. The molecule has 0 saturated carbocycles. The first-order valence-electron chi connectivity index (χ1n) is 13.2. The first kappa shape index (κ1) is 28.2. The molecule has 2 aliphatic rings. The van der Waals surface area contributed by atoms with Gasteiger partial charge in [-0.3, -0.25) is 0 Å². The highest BCUT2D eigenvalue weighted by Crippen LogP contribution is 2.29. The summed E-state index contributed by atoms with van der Waals surface area (Å²) in [6.07, 6.45) is 17.6. The fourth-order valence-corrected chi connectivity index (χ4v) is 4.86. The molecular formula is C33H35ClN2O3. The van der Waals surface area contributed by atoms with E-state index in [0.717, 1.165) is 28.9 Å². The first-order valence-corrected chi connectivity index (χ1v) is 13.8. The number of oxime groups is 1. The van der Waals surface area contributed by atoms with Gasteiger partial charge in [-0.25, -0.2) is 4.79 Å². The molecule has 4 rings (SSSR count). The van der Waals surface area contributed by atoms with Crippen LogP contribution in [0.4, 0.5) is 0 Å². The lowest BCUT2D eigenvalue weighted by Crippen LogP contribution is -2.40. The molecular weight excluding hydrogens is 508 g/mol. The molecule has 1 aliphatic heterocycles. The van der Waals surface area contributed by atoms with E-state index in [-0.39, 0.29) is 24.1 Å². The van der Waals surface area contributed by atoms with Crippen molar-refractivity contribution in [3.63, 3.8) is 0 Å². The maximum atomic E-state index is 12.8. The Morgan fingerprint density at radius 1 is 1.18 bits per heavy atom. The maximum absolute atomic E-state index is 12.8. The summed E-state index contributed by atoms with van der Waals surface area (Å²) >= 11 is 5.94. The van der Waals surface area contributed by atoms with Gasteiger partial charge in [0.1, 0.15) is 17.6 Å². The topological polar surface area (TPSA) is 51.1 Å². The predicted molar refractivity (Wildman–Crippen MR) is 159 cm³/mol. The summed E-state index contributed by atoms with van der Waals surface area (Å²) in [5.41, 5.74) is 3.68. The average molecular weight is 543 g/mol. The van der Waals surface area contributed by atoms with Gasteiger partial charge in [-0.05, 0) is 74.9 Å². The normalized spacial score (nSPS) is 23.8. The number of allylic oxidation sites excluding steroid dienone is 5. The molecule has 6 heteroatoms. The zero-order valence-corrected chi connectivity index (χ0v) is 23.4. The molecule has 0 radical (unpaired) electrons. The van der Waals surface area contributed by atoms with Gasteiger partial charge < -0.3 is 14.5 Å². The number of fused-ring (bicyclic) bond motifs is 1. The van der Waals surface area contributed by atoms with E-state index in [2.05, 4.69) is 66.1 Å². The SMILES string of the molecule is C=CN1C(C)\C=C/C(C(=N\OC(=O)c2ccccc2)/c2ccc(O[C@@H](C)CCl)cc2C)=C\CC2C=CC=CC21. The van der Waals surface area contributed by atoms with Gasteiger partial charge in [0.15, 0.2) is 0 Å². The lowest BCUT2D eigenvalue weighted by molar-refractivity contribution is 0.0517. The molecule has 1 aliphatic carbocycles. The Morgan fingerprint density at radius 2 is 1.95 bits per heavy atom. The minimum atomic E-state index is -0.513. The van der Waals surface area contributed by atoms with Crippen molar-refractivity contribution >= 4 is 23.3 Å². The van der Waals surface area contributed by atoms with Crippen molar-refractivity contribution in [2.45, 2.75) is 45.4 Å². The van der Waals surface area contributed by atoms with Crippen molar-refractivity contribution < 1.29 is 14.4 Å². The number of alkyl halides is 1. The quantitative estimate of drug-likeness (QED) is 0.151. The lowest BCUT2D eigenvalue weighted by Gasteiger charge is -2.37. The van der Waals surface area contributed by atoms with E-state index >= 15 is 0 Å². The van der Waals surface area contributed by atoms with Crippen LogP contribution in [0.3, 0.4) is 0 Å². The van der Waals surface area contributed by atoms with E-state index in [0.29, 0.717) is 17.2 Å². The molecule has 2 aromatic rings. The number of carbonyl (C=O) groups is 1. The van der Waals surface area contributed by atoms with Crippen LogP contribution in [0.2, 0.25) is 0 Å². The van der Waals surface area contributed by atoms with Crippen LogP contribution in [-0.4, -0.2) is 40.6 Å². The molecule has 0 aromatic heterocycles.